The standard InChI is InChI=1S/C22H21N3O3/c26-22(16-8-9-19-20(11-16)28-14-27-19)25-10-4-7-17(13-25)21-18(12-23-24-21)15-5-2-1-3-6-15/h1-3,5-6,8-9,11-12,17H,4,7,10,13-14H2,(H,23,24). The van der Waals surface area contributed by atoms with E-state index in [9.17, 15) is 4.79 Å². The number of aromatic amines is 1. The Morgan fingerprint density at radius 3 is 2.86 bits per heavy atom. The first kappa shape index (κ1) is 16.9. The normalized spacial score (nSPS) is 18.3. The van der Waals surface area contributed by atoms with Crippen LogP contribution in [0.25, 0.3) is 11.1 Å². The molecule has 1 fully saturated rings. The Bertz CT molecular complexity index is 999. The quantitative estimate of drug-likeness (QED) is 0.756. The van der Waals surface area contributed by atoms with Crippen LogP contribution >= 0.6 is 0 Å². The number of likely N-dealkylation sites (tertiary alicyclic amines) is 1. The van der Waals surface area contributed by atoms with Crippen molar-refractivity contribution in [3.8, 4) is 22.6 Å². The van der Waals surface area contributed by atoms with Crippen molar-refractivity contribution in [2.45, 2.75) is 18.8 Å². The second-order valence-electron chi connectivity index (χ2n) is 7.22. The summed E-state index contributed by atoms with van der Waals surface area (Å²) in [5.74, 6) is 1.60. The van der Waals surface area contributed by atoms with Crippen molar-refractivity contribution in [2.24, 2.45) is 0 Å². The van der Waals surface area contributed by atoms with Gasteiger partial charge in [-0.05, 0) is 36.6 Å². The molecular formula is C22H21N3O3. The average Bonchev–Trinajstić information content (AvgIpc) is 3.43. The maximum Gasteiger partial charge on any atom is 0.254 e. The molecule has 1 N–H and O–H groups in total. The zero-order valence-corrected chi connectivity index (χ0v) is 15.4. The van der Waals surface area contributed by atoms with Crippen molar-refractivity contribution in [3.05, 3.63) is 66.0 Å². The number of H-pyrrole nitrogens is 1. The largest absolute Gasteiger partial charge is 0.454 e. The predicted octanol–water partition coefficient (Wildman–Crippen LogP) is 3.83. The van der Waals surface area contributed by atoms with Crippen LogP contribution in [0.3, 0.4) is 0 Å². The minimum atomic E-state index is 0.0313. The third-order valence-corrected chi connectivity index (χ3v) is 5.49. The molecule has 142 valence electrons. The zero-order valence-electron chi connectivity index (χ0n) is 15.4. The van der Waals surface area contributed by atoms with Crippen LogP contribution in [0.2, 0.25) is 0 Å². The first-order chi connectivity index (χ1) is 13.8. The van der Waals surface area contributed by atoms with Crippen LogP contribution in [0.5, 0.6) is 11.5 Å². The lowest BCUT2D eigenvalue weighted by Crippen LogP contribution is -2.39. The van der Waals surface area contributed by atoms with Crippen molar-refractivity contribution in [3.63, 3.8) is 0 Å². The highest BCUT2D eigenvalue weighted by Gasteiger charge is 2.29. The van der Waals surface area contributed by atoms with Gasteiger partial charge < -0.3 is 14.4 Å². The third kappa shape index (κ3) is 3.01. The van der Waals surface area contributed by atoms with Crippen LogP contribution in [0.1, 0.15) is 34.8 Å². The molecule has 1 aromatic heterocycles. The topological polar surface area (TPSA) is 67.5 Å². The number of carbonyl (C=O) groups excluding carboxylic acids is 1. The van der Waals surface area contributed by atoms with Gasteiger partial charge in [0.1, 0.15) is 0 Å². The van der Waals surface area contributed by atoms with Crippen LogP contribution in [-0.2, 0) is 0 Å². The Kier molecular flexibility index (Phi) is 4.24. The fourth-order valence-electron chi connectivity index (χ4n) is 4.06. The molecule has 3 aromatic rings. The van der Waals surface area contributed by atoms with Crippen LogP contribution in [0.4, 0.5) is 0 Å². The summed E-state index contributed by atoms with van der Waals surface area (Å²) in [6.45, 7) is 1.65. The van der Waals surface area contributed by atoms with Crippen molar-refractivity contribution < 1.29 is 14.3 Å². The van der Waals surface area contributed by atoms with Crippen molar-refractivity contribution >= 4 is 5.91 Å². The highest BCUT2D eigenvalue weighted by atomic mass is 16.7. The van der Waals surface area contributed by atoms with E-state index in [1.54, 1.807) is 12.1 Å². The third-order valence-electron chi connectivity index (χ3n) is 5.49. The van der Waals surface area contributed by atoms with E-state index in [1.807, 2.05) is 35.4 Å². The molecule has 6 nitrogen and oxygen atoms in total. The molecule has 2 aromatic carbocycles. The van der Waals surface area contributed by atoms with Gasteiger partial charge in [-0.2, -0.15) is 5.10 Å². The first-order valence-electron chi connectivity index (χ1n) is 9.57. The van der Waals surface area contributed by atoms with Crippen LogP contribution in [-0.4, -0.2) is 40.9 Å². The van der Waals surface area contributed by atoms with E-state index in [2.05, 4.69) is 22.3 Å². The number of piperidine rings is 1. The summed E-state index contributed by atoms with van der Waals surface area (Å²) in [5.41, 5.74) is 4.00. The summed E-state index contributed by atoms with van der Waals surface area (Å²) in [4.78, 5) is 15.0. The van der Waals surface area contributed by atoms with E-state index >= 15 is 0 Å². The number of carbonyl (C=O) groups is 1. The monoisotopic (exact) mass is 375 g/mol. The fourth-order valence-corrected chi connectivity index (χ4v) is 4.06. The van der Waals surface area contributed by atoms with Crippen LogP contribution in [0, 0.1) is 0 Å². The Labute approximate surface area is 163 Å². The van der Waals surface area contributed by atoms with E-state index in [0.717, 1.165) is 36.2 Å². The van der Waals surface area contributed by atoms with Gasteiger partial charge in [0.05, 0.1) is 6.20 Å². The number of aromatic nitrogens is 2. The van der Waals surface area contributed by atoms with Gasteiger partial charge >= 0.3 is 0 Å². The molecule has 0 spiro atoms. The molecular weight excluding hydrogens is 354 g/mol. The molecule has 0 saturated carbocycles. The summed E-state index contributed by atoms with van der Waals surface area (Å²) in [7, 11) is 0. The van der Waals surface area contributed by atoms with Gasteiger partial charge in [0.15, 0.2) is 11.5 Å². The summed E-state index contributed by atoms with van der Waals surface area (Å²) >= 11 is 0. The molecule has 1 saturated heterocycles. The molecule has 2 aliphatic heterocycles. The predicted molar refractivity (Wildman–Crippen MR) is 104 cm³/mol. The number of nitrogens with one attached hydrogen (secondary N) is 1. The first-order valence-corrected chi connectivity index (χ1v) is 9.57. The lowest BCUT2D eigenvalue weighted by Gasteiger charge is -2.33. The van der Waals surface area contributed by atoms with E-state index < -0.39 is 0 Å². The van der Waals surface area contributed by atoms with E-state index in [4.69, 9.17) is 9.47 Å². The fraction of sp³-hybridized carbons (Fsp3) is 0.273. The molecule has 2 aliphatic rings. The maximum atomic E-state index is 13.1. The van der Waals surface area contributed by atoms with Gasteiger partial charge in [-0.15, -0.1) is 0 Å². The number of hydrogen-bond acceptors (Lipinski definition) is 4. The molecule has 0 aliphatic carbocycles. The number of hydrogen-bond donors (Lipinski definition) is 1. The lowest BCUT2D eigenvalue weighted by molar-refractivity contribution is 0.0705. The number of nitrogens with zero attached hydrogens (tertiary/aromatic N) is 2. The van der Waals surface area contributed by atoms with Crippen molar-refractivity contribution in [1.82, 2.24) is 15.1 Å². The van der Waals surface area contributed by atoms with Gasteiger partial charge in [-0.1, -0.05) is 30.3 Å². The summed E-state index contributed by atoms with van der Waals surface area (Å²) in [6.07, 6.45) is 3.88. The number of fused-ring (bicyclic) bond motifs is 1. The second kappa shape index (κ2) is 7.03. The van der Waals surface area contributed by atoms with Crippen LogP contribution in [0.15, 0.2) is 54.7 Å². The van der Waals surface area contributed by atoms with E-state index in [-0.39, 0.29) is 18.6 Å². The van der Waals surface area contributed by atoms with Crippen molar-refractivity contribution in [1.29, 1.82) is 0 Å². The highest BCUT2D eigenvalue weighted by Crippen LogP contribution is 2.35. The summed E-state index contributed by atoms with van der Waals surface area (Å²) < 4.78 is 10.8. The minimum Gasteiger partial charge on any atom is -0.454 e. The second-order valence-corrected chi connectivity index (χ2v) is 7.22. The molecule has 6 heteroatoms. The molecule has 28 heavy (non-hydrogen) atoms. The van der Waals surface area contributed by atoms with Gasteiger partial charge in [0, 0.05) is 35.8 Å². The Morgan fingerprint density at radius 1 is 1.11 bits per heavy atom. The molecule has 1 unspecified atom stereocenters. The Hall–Kier alpha value is -3.28. The average molecular weight is 375 g/mol. The number of benzene rings is 2. The van der Waals surface area contributed by atoms with E-state index in [1.165, 1.54) is 0 Å². The van der Waals surface area contributed by atoms with Gasteiger partial charge in [0.25, 0.3) is 5.91 Å². The SMILES string of the molecule is O=C(c1ccc2c(c1)OCO2)N1CCCC(c2[nH]ncc2-c2ccccc2)C1. The zero-order chi connectivity index (χ0) is 18.9. The Balaban J connectivity index is 1.37. The van der Waals surface area contributed by atoms with Crippen LogP contribution < -0.4 is 9.47 Å². The van der Waals surface area contributed by atoms with Gasteiger partial charge in [-0.3, -0.25) is 9.89 Å². The summed E-state index contributed by atoms with van der Waals surface area (Å²) in [6, 6.07) is 15.6. The van der Waals surface area contributed by atoms with Gasteiger partial charge in [0.2, 0.25) is 6.79 Å². The summed E-state index contributed by atoms with van der Waals surface area (Å²) in [5, 5.41) is 7.46. The lowest BCUT2D eigenvalue weighted by atomic mass is 9.90. The molecule has 5 rings (SSSR count). The maximum absolute atomic E-state index is 13.1. The molecule has 3 heterocycles. The van der Waals surface area contributed by atoms with E-state index in [0.29, 0.717) is 23.6 Å². The van der Waals surface area contributed by atoms with Gasteiger partial charge in [-0.25, -0.2) is 0 Å². The molecule has 1 atom stereocenters. The Morgan fingerprint density at radius 2 is 1.96 bits per heavy atom. The molecule has 0 radical (unpaired) electrons. The number of rotatable bonds is 3. The molecule has 0 bridgehead atoms. The highest BCUT2D eigenvalue weighted by molar-refractivity contribution is 5.95. The smallest absolute Gasteiger partial charge is 0.254 e. The molecule has 1 amide bonds. The van der Waals surface area contributed by atoms with Crippen molar-refractivity contribution in [2.75, 3.05) is 19.9 Å². The minimum absolute atomic E-state index is 0.0313. The number of amides is 1. The number of ether oxygens (including phenoxy) is 2.